The molecule has 0 fully saturated rings. The standard InChI is InChI=1S/C10H17NO2/c1-13-10(12)11-9-7-5-3-2-4-6-8-9/h2-3,9H,4-8H2,1H3,(H,11,12). The molecule has 0 heterocycles. The molecule has 1 atom stereocenters. The molecule has 1 N–H and O–H groups in total. The Morgan fingerprint density at radius 3 is 2.92 bits per heavy atom. The summed E-state index contributed by atoms with van der Waals surface area (Å²) in [6.45, 7) is 0. The van der Waals surface area contributed by atoms with Crippen molar-refractivity contribution in [3.05, 3.63) is 12.2 Å². The number of carbonyl (C=O) groups excluding carboxylic acids is 1. The normalized spacial score (nSPS) is 23.0. The fourth-order valence-corrected chi connectivity index (χ4v) is 1.53. The Bertz CT molecular complexity index is 189. The molecule has 0 aromatic carbocycles. The number of amides is 1. The summed E-state index contributed by atoms with van der Waals surface area (Å²) >= 11 is 0. The Labute approximate surface area is 79.2 Å². The van der Waals surface area contributed by atoms with E-state index in [1.165, 1.54) is 7.11 Å². The van der Waals surface area contributed by atoms with Crippen molar-refractivity contribution in [1.29, 1.82) is 0 Å². The molecule has 1 unspecified atom stereocenters. The van der Waals surface area contributed by atoms with Gasteiger partial charge in [0.15, 0.2) is 0 Å². The maximum atomic E-state index is 10.9. The van der Waals surface area contributed by atoms with Crippen molar-refractivity contribution in [3.63, 3.8) is 0 Å². The van der Waals surface area contributed by atoms with Crippen molar-refractivity contribution in [2.24, 2.45) is 0 Å². The molecule has 0 bridgehead atoms. The van der Waals surface area contributed by atoms with E-state index in [-0.39, 0.29) is 12.1 Å². The van der Waals surface area contributed by atoms with Gasteiger partial charge in [-0.25, -0.2) is 4.79 Å². The van der Waals surface area contributed by atoms with E-state index in [0.29, 0.717) is 0 Å². The number of alkyl carbamates (subject to hydrolysis) is 1. The smallest absolute Gasteiger partial charge is 0.407 e. The van der Waals surface area contributed by atoms with Crippen LogP contribution in [0.4, 0.5) is 4.79 Å². The van der Waals surface area contributed by atoms with Crippen LogP contribution in [-0.2, 0) is 4.74 Å². The minimum Gasteiger partial charge on any atom is -0.453 e. The van der Waals surface area contributed by atoms with E-state index in [1.807, 2.05) is 0 Å². The monoisotopic (exact) mass is 183 g/mol. The van der Waals surface area contributed by atoms with Crippen LogP contribution in [0.15, 0.2) is 12.2 Å². The van der Waals surface area contributed by atoms with E-state index in [2.05, 4.69) is 22.2 Å². The van der Waals surface area contributed by atoms with E-state index < -0.39 is 0 Å². The molecule has 0 aliphatic heterocycles. The summed E-state index contributed by atoms with van der Waals surface area (Å²) in [7, 11) is 1.40. The Balaban J connectivity index is 2.31. The summed E-state index contributed by atoms with van der Waals surface area (Å²) in [5.74, 6) is 0. The van der Waals surface area contributed by atoms with Crippen LogP contribution in [0.3, 0.4) is 0 Å². The van der Waals surface area contributed by atoms with Crippen LogP contribution in [0, 0.1) is 0 Å². The van der Waals surface area contributed by atoms with Gasteiger partial charge in [0.05, 0.1) is 7.11 Å². The number of hydrogen-bond donors (Lipinski definition) is 1. The van der Waals surface area contributed by atoms with Gasteiger partial charge in [-0.3, -0.25) is 0 Å². The number of allylic oxidation sites excluding steroid dienone is 2. The Kier molecular flexibility index (Phi) is 4.36. The summed E-state index contributed by atoms with van der Waals surface area (Å²) in [4.78, 5) is 10.9. The lowest BCUT2D eigenvalue weighted by molar-refractivity contribution is 0.165. The van der Waals surface area contributed by atoms with Gasteiger partial charge in [0.25, 0.3) is 0 Å². The second-order valence-corrected chi connectivity index (χ2v) is 3.31. The molecule has 0 radical (unpaired) electrons. The zero-order valence-electron chi connectivity index (χ0n) is 8.08. The third-order valence-corrected chi connectivity index (χ3v) is 2.28. The second kappa shape index (κ2) is 5.62. The topological polar surface area (TPSA) is 38.3 Å². The minimum absolute atomic E-state index is 0.289. The Morgan fingerprint density at radius 1 is 1.38 bits per heavy atom. The van der Waals surface area contributed by atoms with Crippen LogP contribution in [0.25, 0.3) is 0 Å². The van der Waals surface area contributed by atoms with Gasteiger partial charge in [-0.05, 0) is 32.1 Å². The number of methoxy groups -OCH3 is 1. The van der Waals surface area contributed by atoms with E-state index in [1.54, 1.807) is 0 Å². The van der Waals surface area contributed by atoms with Gasteiger partial charge in [-0.2, -0.15) is 0 Å². The molecule has 13 heavy (non-hydrogen) atoms. The molecule has 0 aromatic heterocycles. The number of rotatable bonds is 1. The van der Waals surface area contributed by atoms with Crippen molar-refractivity contribution in [3.8, 4) is 0 Å². The lowest BCUT2D eigenvalue weighted by Gasteiger charge is -2.18. The van der Waals surface area contributed by atoms with E-state index >= 15 is 0 Å². The molecule has 3 heteroatoms. The zero-order valence-corrected chi connectivity index (χ0v) is 8.08. The van der Waals surface area contributed by atoms with Gasteiger partial charge in [0, 0.05) is 6.04 Å². The van der Waals surface area contributed by atoms with Gasteiger partial charge < -0.3 is 10.1 Å². The van der Waals surface area contributed by atoms with Crippen molar-refractivity contribution < 1.29 is 9.53 Å². The maximum Gasteiger partial charge on any atom is 0.407 e. The van der Waals surface area contributed by atoms with Crippen LogP contribution in [0.2, 0.25) is 0 Å². The number of nitrogens with one attached hydrogen (secondary N) is 1. The maximum absolute atomic E-state index is 10.9. The summed E-state index contributed by atoms with van der Waals surface area (Å²) in [5, 5.41) is 2.84. The van der Waals surface area contributed by atoms with Crippen molar-refractivity contribution >= 4 is 6.09 Å². The fourth-order valence-electron chi connectivity index (χ4n) is 1.53. The summed E-state index contributed by atoms with van der Waals surface area (Å²) in [5.41, 5.74) is 0. The minimum atomic E-state index is -0.311. The average Bonchev–Trinajstić information content (AvgIpc) is 2.09. The first kappa shape index (κ1) is 10.1. The molecule has 1 amide bonds. The van der Waals surface area contributed by atoms with Crippen LogP contribution >= 0.6 is 0 Å². The summed E-state index contributed by atoms with van der Waals surface area (Å²) < 4.78 is 4.56. The van der Waals surface area contributed by atoms with Gasteiger partial charge in [0.2, 0.25) is 0 Å². The lowest BCUT2D eigenvalue weighted by atomic mass is 10.0. The molecular formula is C10H17NO2. The highest BCUT2D eigenvalue weighted by atomic mass is 16.5. The quantitative estimate of drug-likeness (QED) is 0.633. The van der Waals surface area contributed by atoms with E-state index in [4.69, 9.17) is 0 Å². The summed E-state index contributed by atoms with van der Waals surface area (Å²) in [6.07, 6.45) is 9.48. The first-order valence-electron chi connectivity index (χ1n) is 4.82. The first-order chi connectivity index (χ1) is 6.33. The molecule has 1 rings (SSSR count). The lowest BCUT2D eigenvalue weighted by Crippen LogP contribution is -2.34. The molecule has 0 saturated carbocycles. The number of hydrogen-bond acceptors (Lipinski definition) is 2. The highest BCUT2D eigenvalue weighted by Gasteiger charge is 2.11. The zero-order chi connectivity index (χ0) is 9.52. The molecule has 0 spiro atoms. The molecule has 1 aliphatic rings. The van der Waals surface area contributed by atoms with Gasteiger partial charge in [-0.15, -0.1) is 0 Å². The van der Waals surface area contributed by atoms with Crippen LogP contribution < -0.4 is 5.32 Å². The van der Waals surface area contributed by atoms with E-state index in [0.717, 1.165) is 32.1 Å². The third-order valence-electron chi connectivity index (χ3n) is 2.28. The van der Waals surface area contributed by atoms with Gasteiger partial charge >= 0.3 is 6.09 Å². The molecule has 74 valence electrons. The average molecular weight is 183 g/mol. The second-order valence-electron chi connectivity index (χ2n) is 3.31. The molecule has 0 saturated heterocycles. The molecule has 0 aromatic rings. The van der Waals surface area contributed by atoms with Crippen LogP contribution in [0.5, 0.6) is 0 Å². The van der Waals surface area contributed by atoms with Crippen molar-refractivity contribution in [2.45, 2.75) is 38.1 Å². The molecule has 1 aliphatic carbocycles. The predicted molar refractivity (Wildman–Crippen MR) is 51.6 cm³/mol. The fraction of sp³-hybridized carbons (Fsp3) is 0.700. The Hall–Kier alpha value is -0.990. The van der Waals surface area contributed by atoms with Crippen molar-refractivity contribution in [1.82, 2.24) is 5.32 Å². The van der Waals surface area contributed by atoms with Crippen LogP contribution in [0.1, 0.15) is 32.1 Å². The van der Waals surface area contributed by atoms with E-state index in [9.17, 15) is 4.79 Å². The first-order valence-corrected chi connectivity index (χ1v) is 4.82. The Morgan fingerprint density at radius 2 is 2.15 bits per heavy atom. The van der Waals surface area contributed by atoms with Gasteiger partial charge in [0.1, 0.15) is 0 Å². The SMILES string of the molecule is COC(=O)NC1CCC=CCCC1. The van der Waals surface area contributed by atoms with Crippen LogP contribution in [-0.4, -0.2) is 19.2 Å². The predicted octanol–water partition coefficient (Wildman–Crippen LogP) is 2.23. The van der Waals surface area contributed by atoms with Gasteiger partial charge in [-0.1, -0.05) is 12.2 Å². The number of ether oxygens (including phenoxy) is 1. The third kappa shape index (κ3) is 3.97. The highest BCUT2D eigenvalue weighted by Crippen LogP contribution is 2.12. The number of carbonyl (C=O) groups is 1. The van der Waals surface area contributed by atoms with Crippen molar-refractivity contribution in [2.75, 3.05) is 7.11 Å². The highest BCUT2D eigenvalue weighted by molar-refractivity contribution is 5.67. The molecule has 3 nitrogen and oxygen atoms in total. The summed E-state index contributed by atoms with van der Waals surface area (Å²) in [6, 6.07) is 0.289. The molecular weight excluding hydrogens is 166 g/mol. The largest absolute Gasteiger partial charge is 0.453 e.